The first kappa shape index (κ1) is 22.1. The smallest absolute Gasteiger partial charge is 0.305 e. The number of carbonyl (C=O) groups is 2. The Morgan fingerprint density at radius 1 is 1.10 bits per heavy atom. The first-order chi connectivity index (χ1) is 15.0. The molecule has 31 heavy (non-hydrogen) atoms. The van der Waals surface area contributed by atoms with Crippen LogP contribution in [-0.4, -0.2) is 33.8 Å². The molecule has 162 valence electrons. The number of nitrogens with zero attached hydrogens (tertiary/aromatic N) is 3. The number of hydrogen-bond acceptors (Lipinski definition) is 5. The molecule has 7 nitrogen and oxygen atoms in total. The average Bonchev–Trinajstić information content (AvgIpc) is 3.22. The van der Waals surface area contributed by atoms with Crippen molar-refractivity contribution in [1.82, 2.24) is 14.8 Å². The Morgan fingerprint density at radius 2 is 1.84 bits per heavy atom. The summed E-state index contributed by atoms with van der Waals surface area (Å²) in [6, 6.07) is 9.83. The standard InChI is InChI=1S/C23H25FN4O3/c1-3-28-15-19(23(27-28)16-8-10-18(24)11-9-16)17-12-13-25-20(14-17)26-21(29)6-4-5-7-22(30)31-2/h8-15H,3-7H2,1-2H3,(H,25,26,29). The first-order valence-corrected chi connectivity index (χ1v) is 10.2. The minimum atomic E-state index is -0.305. The molecule has 0 spiro atoms. The summed E-state index contributed by atoms with van der Waals surface area (Å²) < 4.78 is 19.7. The van der Waals surface area contributed by atoms with E-state index < -0.39 is 0 Å². The number of esters is 1. The summed E-state index contributed by atoms with van der Waals surface area (Å²) in [4.78, 5) is 27.6. The highest BCUT2D eigenvalue weighted by Gasteiger charge is 2.14. The van der Waals surface area contributed by atoms with E-state index in [1.165, 1.54) is 19.2 Å². The van der Waals surface area contributed by atoms with Gasteiger partial charge in [-0.3, -0.25) is 14.3 Å². The zero-order valence-corrected chi connectivity index (χ0v) is 17.6. The minimum Gasteiger partial charge on any atom is -0.469 e. The minimum absolute atomic E-state index is 0.169. The number of halogens is 1. The molecule has 0 radical (unpaired) electrons. The van der Waals surface area contributed by atoms with Crippen LogP contribution in [0.4, 0.5) is 10.2 Å². The summed E-state index contributed by atoms with van der Waals surface area (Å²) in [5, 5.41) is 7.41. The molecule has 2 heterocycles. The van der Waals surface area contributed by atoms with Crippen LogP contribution in [0.2, 0.25) is 0 Å². The summed E-state index contributed by atoms with van der Waals surface area (Å²) in [6.07, 6.45) is 5.30. The van der Waals surface area contributed by atoms with Crippen molar-refractivity contribution >= 4 is 17.7 Å². The summed E-state index contributed by atoms with van der Waals surface area (Å²) in [5.74, 6) is -0.317. The number of carbonyl (C=O) groups excluding carboxylic acids is 2. The SMILES string of the molecule is CCn1cc(-c2ccnc(NC(=O)CCCCC(=O)OC)c2)c(-c2ccc(F)cc2)n1. The molecule has 1 aromatic carbocycles. The highest BCUT2D eigenvalue weighted by Crippen LogP contribution is 2.32. The Morgan fingerprint density at radius 3 is 2.55 bits per heavy atom. The Labute approximate surface area is 180 Å². The average molecular weight is 424 g/mol. The molecule has 0 atom stereocenters. The normalized spacial score (nSPS) is 10.7. The number of pyridine rings is 1. The van der Waals surface area contributed by atoms with E-state index in [0.29, 0.717) is 31.6 Å². The number of unbranched alkanes of at least 4 members (excludes halogenated alkanes) is 1. The van der Waals surface area contributed by atoms with E-state index in [0.717, 1.165) is 22.4 Å². The molecule has 8 heteroatoms. The summed E-state index contributed by atoms with van der Waals surface area (Å²) in [5.41, 5.74) is 3.24. The number of anilines is 1. The van der Waals surface area contributed by atoms with Gasteiger partial charge in [0, 0.05) is 42.9 Å². The van der Waals surface area contributed by atoms with Crippen molar-refractivity contribution in [3.8, 4) is 22.4 Å². The van der Waals surface area contributed by atoms with Crippen LogP contribution in [0.5, 0.6) is 0 Å². The van der Waals surface area contributed by atoms with Gasteiger partial charge < -0.3 is 10.1 Å². The van der Waals surface area contributed by atoms with E-state index in [2.05, 4.69) is 20.1 Å². The Hall–Kier alpha value is -3.55. The van der Waals surface area contributed by atoms with Gasteiger partial charge in [0.05, 0.1) is 7.11 Å². The van der Waals surface area contributed by atoms with Gasteiger partial charge in [0.15, 0.2) is 0 Å². The van der Waals surface area contributed by atoms with Crippen LogP contribution < -0.4 is 5.32 Å². The van der Waals surface area contributed by atoms with Crippen molar-refractivity contribution in [3.63, 3.8) is 0 Å². The molecule has 0 fully saturated rings. The second-order valence-corrected chi connectivity index (χ2v) is 7.02. The lowest BCUT2D eigenvalue weighted by Crippen LogP contribution is -2.12. The number of rotatable bonds is 9. The fourth-order valence-corrected chi connectivity index (χ4v) is 3.14. The van der Waals surface area contributed by atoms with Crippen LogP contribution in [-0.2, 0) is 20.9 Å². The van der Waals surface area contributed by atoms with Gasteiger partial charge in [0.25, 0.3) is 0 Å². The monoisotopic (exact) mass is 424 g/mol. The molecule has 0 aliphatic carbocycles. The molecule has 1 N–H and O–H groups in total. The van der Waals surface area contributed by atoms with Crippen molar-refractivity contribution in [2.75, 3.05) is 12.4 Å². The van der Waals surface area contributed by atoms with Crippen molar-refractivity contribution < 1.29 is 18.7 Å². The van der Waals surface area contributed by atoms with E-state index in [9.17, 15) is 14.0 Å². The third kappa shape index (κ3) is 5.97. The number of nitrogens with one attached hydrogen (secondary N) is 1. The molecular formula is C23H25FN4O3. The molecular weight excluding hydrogens is 399 g/mol. The van der Waals surface area contributed by atoms with Crippen molar-refractivity contribution in [1.29, 1.82) is 0 Å². The van der Waals surface area contributed by atoms with Gasteiger partial charge in [-0.1, -0.05) is 0 Å². The van der Waals surface area contributed by atoms with E-state index >= 15 is 0 Å². The number of ether oxygens (including phenoxy) is 1. The number of methoxy groups -OCH3 is 1. The molecule has 0 aliphatic rings. The lowest BCUT2D eigenvalue weighted by atomic mass is 10.0. The Balaban J connectivity index is 1.74. The molecule has 0 aliphatic heterocycles. The molecule has 0 saturated heterocycles. The van der Waals surface area contributed by atoms with Crippen LogP contribution in [0, 0.1) is 5.82 Å². The van der Waals surface area contributed by atoms with Gasteiger partial charge in [-0.05, 0) is 61.7 Å². The molecule has 3 rings (SSSR count). The lowest BCUT2D eigenvalue weighted by Gasteiger charge is -2.07. The number of aryl methyl sites for hydroxylation is 1. The fraction of sp³-hybridized carbons (Fsp3) is 0.304. The topological polar surface area (TPSA) is 86.1 Å². The van der Waals surface area contributed by atoms with Gasteiger partial charge >= 0.3 is 5.97 Å². The first-order valence-electron chi connectivity index (χ1n) is 10.2. The van der Waals surface area contributed by atoms with E-state index in [1.807, 2.05) is 23.9 Å². The number of amides is 1. The van der Waals surface area contributed by atoms with Crippen LogP contribution in [0.25, 0.3) is 22.4 Å². The highest BCUT2D eigenvalue weighted by molar-refractivity contribution is 5.91. The molecule has 2 aromatic heterocycles. The Kier molecular flexibility index (Phi) is 7.48. The maximum atomic E-state index is 13.3. The van der Waals surface area contributed by atoms with Gasteiger partial charge in [-0.15, -0.1) is 0 Å². The van der Waals surface area contributed by atoms with E-state index in [1.54, 1.807) is 24.4 Å². The molecule has 0 unspecified atom stereocenters. The molecule has 3 aromatic rings. The van der Waals surface area contributed by atoms with Crippen LogP contribution >= 0.6 is 0 Å². The highest BCUT2D eigenvalue weighted by atomic mass is 19.1. The lowest BCUT2D eigenvalue weighted by molar-refractivity contribution is -0.140. The molecule has 1 amide bonds. The van der Waals surface area contributed by atoms with Crippen molar-refractivity contribution in [3.05, 3.63) is 54.6 Å². The molecule has 0 bridgehead atoms. The van der Waals surface area contributed by atoms with Crippen molar-refractivity contribution in [2.24, 2.45) is 0 Å². The third-order valence-corrected chi connectivity index (χ3v) is 4.80. The quantitative estimate of drug-likeness (QED) is 0.405. The second kappa shape index (κ2) is 10.5. The van der Waals surface area contributed by atoms with E-state index in [-0.39, 0.29) is 24.1 Å². The predicted octanol–water partition coefficient (Wildman–Crippen LogP) is 4.44. The Bertz CT molecular complexity index is 1050. The van der Waals surface area contributed by atoms with Gasteiger partial charge in [0.1, 0.15) is 17.3 Å². The summed E-state index contributed by atoms with van der Waals surface area (Å²) in [7, 11) is 1.35. The predicted molar refractivity (Wildman–Crippen MR) is 116 cm³/mol. The third-order valence-electron chi connectivity index (χ3n) is 4.80. The van der Waals surface area contributed by atoms with Crippen molar-refractivity contribution in [2.45, 2.75) is 39.2 Å². The van der Waals surface area contributed by atoms with Crippen LogP contribution in [0.15, 0.2) is 48.8 Å². The number of aromatic nitrogens is 3. The zero-order chi connectivity index (χ0) is 22.2. The summed E-state index contributed by atoms with van der Waals surface area (Å²) in [6.45, 7) is 2.68. The van der Waals surface area contributed by atoms with E-state index in [4.69, 9.17) is 0 Å². The maximum Gasteiger partial charge on any atom is 0.305 e. The largest absolute Gasteiger partial charge is 0.469 e. The molecule has 0 saturated carbocycles. The number of benzene rings is 1. The fourth-order valence-electron chi connectivity index (χ4n) is 3.14. The van der Waals surface area contributed by atoms with Crippen LogP contribution in [0.1, 0.15) is 32.6 Å². The number of hydrogen-bond donors (Lipinski definition) is 1. The zero-order valence-electron chi connectivity index (χ0n) is 17.6. The van der Waals surface area contributed by atoms with Gasteiger partial charge in [0.2, 0.25) is 5.91 Å². The summed E-state index contributed by atoms with van der Waals surface area (Å²) >= 11 is 0. The van der Waals surface area contributed by atoms with Gasteiger partial charge in [-0.25, -0.2) is 9.37 Å². The maximum absolute atomic E-state index is 13.3. The van der Waals surface area contributed by atoms with Crippen LogP contribution in [0.3, 0.4) is 0 Å². The van der Waals surface area contributed by atoms with Gasteiger partial charge in [-0.2, -0.15) is 5.10 Å². The second-order valence-electron chi connectivity index (χ2n) is 7.02.